The van der Waals surface area contributed by atoms with Crippen LogP contribution >= 0.6 is 0 Å². The molecule has 16 heavy (non-hydrogen) atoms. The first-order chi connectivity index (χ1) is 7.49. The molecule has 0 aromatic rings. The van der Waals surface area contributed by atoms with Crippen molar-refractivity contribution < 1.29 is 19.8 Å². The predicted octanol–water partition coefficient (Wildman–Crippen LogP) is -0.920. The summed E-state index contributed by atoms with van der Waals surface area (Å²) in [5.74, 6) is -1.59. The highest BCUT2D eigenvalue weighted by Gasteiger charge is 2.36. The topological polar surface area (TPSA) is 98.7 Å². The average molecular weight is 230 g/mol. The Bertz CT molecular complexity index is 274. The zero-order chi connectivity index (χ0) is 12.2. The molecule has 0 radical (unpaired) electrons. The number of nitrogens with one attached hydrogen (secondary N) is 2. The van der Waals surface area contributed by atoms with Crippen molar-refractivity contribution in [3.05, 3.63) is 0 Å². The molecule has 4 N–H and O–H groups in total. The van der Waals surface area contributed by atoms with Crippen LogP contribution in [0.4, 0.5) is 0 Å². The van der Waals surface area contributed by atoms with E-state index in [0.29, 0.717) is 6.42 Å². The Hall–Kier alpha value is -1.14. The van der Waals surface area contributed by atoms with Gasteiger partial charge in [-0.3, -0.25) is 4.79 Å². The van der Waals surface area contributed by atoms with Gasteiger partial charge in [-0.25, -0.2) is 4.79 Å². The molecule has 1 amide bonds. The molecular weight excluding hydrogens is 212 g/mol. The van der Waals surface area contributed by atoms with Gasteiger partial charge in [-0.05, 0) is 32.7 Å². The van der Waals surface area contributed by atoms with Gasteiger partial charge in [-0.1, -0.05) is 0 Å². The zero-order valence-electron chi connectivity index (χ0n) is 9.32. The number of piperidine rings is 1. The lowest BCUT2D eigenvalue weighted by Gasteiger charge is -2.34. The van der Waals surface area contributed by atoms with Crippen molar-refractivity contribution in [3.63, 3.8) is 0 Å². The van der Waals surface area contributed by atoms with Gasteiger partial charge >= 0.3 is 5.97 Å². The minimum atomic E-state index is -1.23. The summed E-state index contributed by atoms with van der Waals surface area (Å²) in [5, 5.41) is 22.9. The van der Waals surface area contributed by atoms with Crippen LogP contribution in [0.15, 0.2) is 0 Å². The lowest BCUT2D eigenvalue weighted by Crippen LogP contribution is -2.60. The highest BCUT2D eigenvalue weighted by atomic mass is 16.4. The first-order valence-electron chi connectivity index (χ1n) is 5.39. The molecule has 0 aromatic carbocycles. The van der Waals surface area contributed by atoms with Crippen molar-refractivity contribution in [1.82, 2.24) is 10.6 Å². The van der Waals surface area contributed by atoms with Crippen LogP contribution < -0.4 is 10.6 Å². The SMILES string of the molecule is CC1(C(=O)NC(CO)C(=O)O)CCCCN1. The van der Waals surface area contributed by atoms with E-state index in [0.717, 1.165) is 19.4 Å². The van der Waals surface area contributed by atoms with Gasteiger partial charge in [0.2, 0.25) is 5.91 Å². The number of rotatable bonds is 4. The van der Waals surface area contributed by atoms with Crippen molar-refractivity contribution in [3.8, 4) is 0 Å². The third-order valence-electron chi connectivity index (χ3n) is 2.91. The molecule has 1 saturated heterocycles. The molecule has 92 valence electrons. The fraction of sp³-hybridized carbons (Fsp3) is 0.800. The molecule has 1 aliphatic rings. The average Bonchev–Trinajstić information content (AvgIpc) is 2.26. The molecule has 1 rings (SSSR count). The van der Waals surface area contributed by atoms with Gasteiger partial charge in [0.15, 0.2) is 0 Å². The first kappa shape index (κ1) is 12.9. The van der Waals surface area contributed by atoms with E-state index in [9.17, 15) is 9.59 Å². The fourth-order valence-electron chi connectivity index (χ4n) is 1.75. The molecule has 2 unspecified atom stereocenters. The summed E-state index contributed by atoms with van der Waals surface area (Å²) < 4.78 is 0. The Labute approximate surface area is 94.0 Å². The molecule has 1 fully saturated rings. The van der Waals surface area contributed by atoms with Gasteiger partial charge in [0, 0.05) is 0 Å². The number of hydrogen-bond donors (Lipinski definition) is 4. The molecule has 0 aromatic heterocycles. The van der Waals surface area contributed by atoms with E-state index in [4.69, 9.17) is 10.2 Å². The molecule has 0 saturated carbocycles. The largest absolute Gasteiger partial charge is 0.480 e. The molecular formula is C10H18N2O4. The number of aliphatic hydroxyl groups excluding tert-OH is 1. The Kier molecular flexibility index (Phi) is 4.26. The minimum absolute atomic E-state index is 0.367. The van der Waals surface area contributed by atoms with Crippen LogP contribution in [0, 0.1) is 0 Å². The summed E-state index contributed by atoms with van der Waals surface area (Å²) in [6.07, 6.45) is 2.63. The number of hydrogen-bond acceptors (Lipinski definition) is 4. The highest BCUT2D eigenvalue weighted by Crippen LogP contribution is 2.18. The van der Waals surface area contributed by atoms with E-state index in [1.807, 2.05) is 0 Å². The van der Waals surface area contributed by atoms with Crippen LogP contribution in [0.3, 0.4) is 0 Å². The second kappa shape index (κ2) is 5.27. The van der Waals surface area contributed by atoms with Gasteiger partial charge in [-0.2, -0.15) is 0 Å². The molecule has 6 heteroatoms. The summed E-state index contributed by atoms with van der Waals surface area (Å²) in [7, 11) is 0. The quantitative estimate of drug-likeness (QED) is 0.500. The molecule has 0 aliphatic carbocycles. The fourth-order valence-corrected chi connectivity index (χ4v) is 1.75. The van der Waals surface area contributed by atoms with Crippen LogP contribution in [-0.2, 0) is 9.59 Å². The maximum absolute atomic E-state index is 11.8. The third kappa shape index (κ3) is 2.93. The second-order valence-corrected chi connectivity index (χ2v) is 4.26. The maximum Gasteiger partial charge on any atom is 0.328 e. The van der Waals surface area contributed by atoms with E-state index in [1.165, 1.54) is 0 Å². The number of carbonyl (C=O) groups excluding carboxylic acids is 1. The zero-order valence-corrected chi connectivity index (χ0v) is 9.32. The van der Waals surface area contributed by atoms with Crippen molar-refractivity contribution >= 4 is 11.9 Å². The van der Waals surface area contributed by atoms with E-state index >= 15 is 0 Å². The number of carbonyl (C=O) groups is 2. The summed E-state index contributed by atoms with van der Waals surface area (Å²) >= 11 is 0. The highest BCUT2D eigenvalue weighted by molar-refractivity contribution is 5.89. The Balaban J connectivity index is 2.59. The lowest BCUT2D eigenvalue weighted by atomic mass is 9.90. The number of amides is 1. The smallest absolute Gasteiger partial charge is 0.328 e. The second-order valence-electron chi connectivity index (χ2n) is 4.26. The Morgan fingerprint density at radius 1 is 1.50 bits per heavy atom. The summed E-state index contributed by atoms with van der Waals surface area (Å²) in [6.45, 7) is 1.90. The standard InChI is InChI=1S/C10H18N2O4/c1-10(4-2-3-5-11-10)9(16)12-7(6-13)8(14)15/h7,11,13H,2-6H2,1H3,(H,12,16)(H,14,15). The number of carboxylic acid groups (broad SMARTS) is 1. The van der Waals surface area contributed by atoms with Crippen LogP contribution in [0.5, 0.6) is 0 Å². The summed E-state index contributed by atoms with van der Waals surface area (Å²) in [5.41, 5.74) is -0.721. The molecule has 1 heterocycles. The minimum Gasteiger partial charge on any atom is -0.480 e. The number of aliphatic carboxylic acids is 1. The van der Waals surface area contributed by atoms with Crippen molar-refractivity contribution in [2.75, 3.05) is 13.2 Å². The Morgan fingerprint density at radius 3 is 2.62 bits per heavy atom. The van der Waals surface area contributed by atoms with Gasteiger partial charge in [0.25, 0.3) is 0 Å². The van der Waals surface area contributed by atoms with E-state index in [1.54, 1.807) is 6.92 Å². The number of carboxylic acids is 1. The van der Waals surface area contributed by atoms with E-state index in [2.05, 4.69) is 10.6 Å². The predicted molar refractivity (Wildman–Crippen MR) is 56.9 cm³/mol. The molecule has 6 nitrogen and oxygen atoms in total. The van der Waals surface area contributed by atoms with Gasteiger partial charge in [0.05, 0.1) is 12.1 Å². The molecule has 1 aliphatic heterocycles. The summed E-state index contributed by atoms with van der Waals surface area (Å²) in [6, 6.07) is -1.23. The van der Waals surface area contributed by atoms with Crippen molar-refractivity contribution in [2.45, 2.75) is 37.8 Å². The summed E-state index contributed by atoms with van der Waals surface area (Å²) in [4.78, 5) is 22.5. The number of aliphatic hydroxyl groups is 1. The molecule has 2 atom stereocenters. The molecule has 0 bridgehead atoms. The monoisotopic (exact) mass is 230 g/mol. The molecule has 0 spiro atoms. The van der Waals surface area contributed by atoms with Crippen LogP contribution in [0.25, 0.3) is 0 Å². The van der Waals surface area contributed by atoms with Gasteiger partial charge < -0.3 is 20.8 Å². The van der Waals surface area contributed by atoms with E-state index < -0.39 is 24.2 Å². The van der Waals surface area contributed by atoms with Gasteiger partial charge in [-0.15, -0.1) is 0 Å². The first-order valence-corrected chi connectivity index (χ1v) is 5.39. The lowest BCUT2D eigenvalue weighted by molar-refractivity contribution is -0.144. The van der Waals surface area contributed by atoms with Gasteiger partial charge in [0.1, 0.15) is 6.04 Å². The third-order valence-corrected chi connectivity index (χ3v) is 2.91. The Morgan fingerprint density at radius 2 is 2.19 bits per heavy atom. The normalized spacial score (nSPS) is 27.1. The van der Waals surface area contributed by atoms with Crippen LogP contribution in [0.1, 0.15) is 26.2 Å². The van der Waals surface area contributed by atoms with E-state index in [-0.39, 0.29) is 5.91 Å². The van der Waals surface area contributed by atoms with Crippen LogP contribution in [0.2, 0.25) is 0 Å². The van der Waals surface area contributed by atoms with Crippen LogP contribution in [-0.4, -0.2) is 46.8 Å². The maximum atomic E-state index is 11.8. The van der Waals surface area contributed by atoms with Crippen molar-refractivity contribution in [2.24, 2.45) is 0 Å². The van der Waals surface area contributed by atoms with Crippen molar-refractivity contribution in [1.29, 1.82) is 0 Å².